The number of hydrogen-bond donors (Lipinski definition) is 0. The van der Waals surface area contributed by atoms with Crippen molar-refractivity contribution < 1.29 is 4.74 Å². The maximum Gasteiger partial charge on any atom is 0.127 e. The van der Waals surface area contributed by atoms with Crippen LogP contribution in [0.2, 0.25) is 0 Å². The largest absolute Gasteiger partial charge is 0.497 e. The summed E-state index contributed by atoms with van der Waals surface area (Å²) in [5.41, 5.74) is 2.24. The SMILES string of the molecule is COc1ccc(-n2ccnc2CN2CCCC(c3ccncn3)C2)cc1. The van der Waals surface area contributed by atoms with Crippen LogP contribution in [-0.4, -0.2) is 44.6 Å². The minimum Gasteiger partial charge on any atom is -0.497 e. The molecule has 1 atom stereocenters. The smallest absolute Gasteiger partial charge is 0.127 e. The van der Waals surface area contributed by atoms with E-state index in [-0.39, 0.29) is 0 Å². The maximum absolute atomic E-state index is 5.25. The summed E-state index contributed by atoms with van der Waals surface area (Å²) in [5.74, 6) is 2.38. The van der Waals surface area contributed by atoms with Crippen molar-refractivity contribution in [1.82, 2.24) is 24.4 Å². The van der Waals surface area contributed by atoms with E-state index >= 15 is 0 Å². The van der Waals surface area contributed by atoms with Gasteiger partial charge in [-0.3, -0.25) is 4.90 Å². The van der Waals surface area contributed by atoms with Gasteiger partial charge in [-0.2, -0.15) is 0 Å². The zero-order valence-corrected chi connectivity index (χ0v) is 15.0. The normalized spacial score (nSPS) is 18.0. The second-order valence-corrected chi connectivity index (χ2v) is 6.62. The number of benzene rings is 1. The first-order chi connectivity index (χ1) is 12.8. The lowest BCUT2D eigenvalue weighted by atomic mass is 9.94. The summed E-state index contributed by atoms with van der Waals surface area (Å²) < 4.78 is 7.40. The Morgan fingerprint density at radius 2 is 2.00 bits per heavy atom. The molecule has 0 aliphatic carbocycles. The number of imidazole rings is 1. The molecule has 2 aromatic heterocycles. The van der Waals surface area contributed by atoms with Crippen molar-refractivity contribution in [2.45, 2.75) is 25.3 Å². The number of ether oxygens (including phenoxy) is 1. The Bertz CT molecular complexity index is 831. The summed E-state index contributed by atoms with van der Waals surface area (Å²) in [6.07, 6.45) is 9.72. The van der Waals surface area contributed by atoms with Crippen LogP contribution < -0.4 is 4.74 Å². The fourth-order valence-corrected chi connectivity index (χ4v) is 3.61. The van der Waals surface area contributed by atoms with Crippen LogP contribution in [-0.2, 0) is 6.54 Å². The van der Waals surface area contributed by atoms with Crippen LogP contribution in [0.5, 0.6) is 5.75 Å². The molecule has 1 fully saturated rings. The predicted molar refractivity (Wildman–Crippen MR) is 99.4 cm³/mol. The molecule has 26 heavy (non-hydrogen) atoms. The van der Waals surface area contributed by atoms with Gasteiger partial charge in [-0.15, -0.1) is 0 Å². The van der Waals surface area contributed by atoms with Gasteiger partial charge in [-0.1, -0.05) is 0 Å². The van der Waals surface area contributed by atoms with Crippen molar-refractivity contribution in [2.24, 2.45) is 0 Å². The van der Waals surface area contributed by atoms with E-state index in [1.165, 1.54) is 12.8 Å². The molecule has 0 radical (unpaired) electrons. The van der Waals surface area contributed by atoms with Gasteiger partial charge in [0.15, 0.2) is 0 Å². The molecule has 4 rings (SSSR count). The van der Waals surface area contributed by atoms with Gasteiger partial charge >= 0.3 is 0 Å². The first kappa shape index (κ1) is 16.7. The molecule has 1 unspecified atom stereocenters. The van der Waals surface area contributed by atoms with E-state index in [0.717, 1.165) is 42.6 Å². The molecule has 134 valence electrons. The van der Waals surface area contributed by atoms with Gasteiger partial charge in [0.25, 0.3) is 0 Å². The summed E-state index contributed by atoms with van der Waals surface area (Å²) in [7, 11) is 1.68. The van der Waals surface area contributed by atoms with Crippen molar-refractivity contribution in [1.29, 1.82) is 0 Å². The molecule has 1 aliphatic rings. The molecule has 3 aromatic rings. The van der Waals surface area contributed by atoms with Crippen molar-refractivity contribution in [3.63, 3.8) is 0 Å². The first-order valence-electron chi connectivity index (χ1n) is 8.98. The number of aromatic nitrogens is 4. The fourth-order valence-electron chi connectivity index (χ4n) is 3.61. The number of piperidine rings is 1. The Labute approximate surface area is 153 Å². The Hall–Kier alpha value is -2.73. The van der Waals surface area contributed by atoms with E-state index in [4.69, 9.17) is 4.74 Å². The van der Waals surface area contributed by atoms with E-state index in [2.05, 4.69) is 36.6 Å². The van der Waals surface area contributed by atoms with Gasteiger partial charge in [0.05, 0.1) is 13.7 Å². The summed E-state index contributed by atoms with van der Waals surface area (Å²) in [5, 5.41) is 0. The summed E-state index contributed by atoms with van der Waals surface area (Å²) in [6.45, 7) is 2.93. The molecule has 1 saturated heterocycles. The fraction of sp³-hybridized carbons (Fsp3) is 0.350. The van der Waals surface area contributed by atoms with Gasteiger partial charge in [-0.25, -0.2) is 15.0 Å². The highest BCUT2D eigenvalue weighted by Crippen LogP contribution is 2.26. The van der Waals surface area contributed by atoms with Crippen LogP contribution >= 0.6 is 0 Å². The minimum absolute atomic E-state index is 0.469. The van der Waals surface area contributed by atoms with Crippen LogP contribution in [0.4, 0.5) is 0 Å². The van der Waals surface area contributed by atoms with Crippen LogP contribution in [0.25, 0.3) is 5.69 Å². The number of likely N-dealkylation sites (tertiary alicyclic amines) is 1. The van der Waals surface area contributed by atoms with Crippen molar-refractivity contribution in [2.75, 3.05) is 20.2 Å². The quantitative estimate of drug-likeness (QED) is 0.709. The van der Waals surface area contributed by atoms with E-state index in [1.807, 2.05) is 36.8 Å². The molecule has 3 heterocycles. The lowest BCUT2D eigenvalue weighted by molar-refractivity contribution is 0.193. The maximum atomic E-state index is 5.25. The van der Waals surface area contributed by atoms with Gasteiger partial charge < -0.3 is 9.30 Å². The molecule has 1 aromatic carbocycles. The van der Waals surface area contributed by atoms with Crippen molar-refractivity contribution >= 4 is 0 Å². The van der Waals surface area contributed by atoms with Gasteiger partial charge in [-0.05, 0) is 49.7 Å². The Morgan fingerprint density at radius 1 is 1.12 bits per heavy atom. The van der Waals surface area contributed by atoms with Gasteiger partial charge in [0.1, 0.15) is 17.9 Å². The molecular formula is C20H23N5O. The second kappa shape index (κ2) is 7.66. The van der Waals surface area contributed by atoms with Crippen LogP contribution in [0.15, 0.2) is 55.2 Å². The third kappa shape index (κ3) is 3.60. The Kier molecular flexibility index (Phi) is 4.93. The standard InChI is InChI=1S/C20H23N5O/c1-26-18-6-4-17(5-7-18)25-12-10-22-20(25)14-24-11-2-3-16(13-24)19-8-9-21-15-23-19/h4-10,12,15-16H,2-3,11,13-14H2,1H3. The highest BCUT2D eigenvalue weighted by Gasteiger charge is 2.23. The van der Waals surface area contributed by atoms with E-state index in [9.17, 15) is 0 Å². The van der Waals surface area contributed by atoms with Gasteiger partial charge in [0.2, 0.25) is 0 Å². The number of rotatable bonds is 5. The second-order valence-electron chi connectivity index (χ2n) is 6.62. The highest BCUT2D eigenvalue weighted by atomic mass is 16.5. The molecule has 0 amide bonds. The molecule has 6 heteroatoms. The summed E-state index contributed by atoms with van der Waals surface area (Å²) >= 11 is 0. The van der Waals surface area contributed by atoms with Crippen LogP contribution in [0.3, 0.4) is 0 Å². The molecular weight excluding hydrogens is 326 g/mol. The highest BCUT2D eigenvalue weighted by molar-refractivity contribution is 5.38. The lowest BCUT2D eigenvalue weighted by Crippen LogP contribution is -2.35. The molecule has 0 spiro atoms. The molecule has 6 nitrogen and oxygen atoms in total. The number of nitrogens with zero attached hydrogens (tertiary/aromatic N) is 5. The number of methoxy groups -OCH3 is 1. The van der Waals surface area contributed by atoms with Crippen LogP contribution in [0.1, 0.15) is 30.3 Å². The molecule has 0 bridgehead atoms. The number of hydrogen-bond acceptors (Lipinski definition) is 5. The minimum atomic E-state index is 0.469. The lowest BCUT2D eigenvalue weighted by Gasteiger charge is -2.32. The third-order valence-corrected chi connectivity index (χ3v) is 4.96. The van der Waals surface area contributed by atoms with Crippen molar-refractivity contribution in [3.05, 3.63) is 66.8 Å². The third-order valence-electron chi connectivity index (χ3n) is 4.96. The van der Waals surface area contributed by atoms with Crippen molar-refractivity contribution in [3.8, 4) is 11.4 Å². The zero-order valence-electron chi connectivity index (χ0n) is 15.0. The molecule has 0 N–H and O–H groups in total. The zero-order chi connectivity index (χ0) is 17.8. The summed E-state index contributed by atoms with van der Waals surface area (Å²) in [6, 6.07) is 10.1. The molecule has 0 saturated carbocycles. The van der Waals surface area contributed by atoms with E-state index < -0.39 is 0 Å². The van der Waals surface area contributed by atoms with E-state index in [1.54, 1.807) is 13.4 Å². The average molecular weight is 349 g/mol. The Balaban J connectivity index is 1.48. The van der Waals surface area contributed by atoms with E-state index in [0.29, 0.717) is 5.92 Å². The predicted octanol–water partition coefficient (Wildman–Crippen LogP) is 3.05. The Morgan fingerprint density at radius 3 is 2.77 bits per heavy atom. The monoisotopic (exact) mass is 349 g/mol. The topological polar surface area (TPSA) is 56.1 Å². The summed E-state index contributed by atoms with van der Waals surface area (Å²) in [4.78, 5) is 15.5. The van der Waals surface area contributed by atoms with Crippen LogP contribution in [0, 0.1) is 0 Å². The molecule has 1 aliphatic heterocycles. The first-order valence-corrected chi connectivity index (χ1v) is 8.98. The van der Waals surface area contributed by atoms with Gasteiger partial charge in [0, 0.05) is 42.4 Å². The average Bonchev–Trinajstić information content (AvgIpc) is 3.17.